The number of hydrogen-bond donors (Lipinski definition) is 1. The maximum Gasteiger partial charge on any atom is 0.414 e. The van der Waals surface area contributed by atoms with Crippen LogP contribution in [0.3, 0.4) is 0 Å². The Hall–Kier alpha value is -4.38. The zero-order valence-corrected chi connectivity index (χ0v) is 24.4. The van der Waals surface area contributed by atoms with Crippen LogP contribution in [-0.2, 0) is 24.9 Å². The highest BCUT2D eigenvalue weighted by Gasteiger charge is 2.33. The van der Waals surface area contributed by atoms with E-state index in [0.29, 0.717) is 30.4 Å². The Balaban J connectivity index is 1.34. The average Bonchev–Trinajstić information content (AvgIpc) is 3.31. The van der Waals surface area contributed by atoms with Crippen LogP contribution in [0.15, 0.2) is 47.5 Å². The van der Waals surface area contributed by atoms with Crippen LogP contribution in [0.1, 0.15) is 32.0 Å². The summed E-state index contributed by atoms with van der Waals surface area (Å²) in [6.45, 7) is 11.2. The Kier molecular flexibility index (Phi) is 6.49. The number of ether oxygens (including phenoxy) is 1. The number of likely N-dealkylation sites (N-methyl/N-ethyl adjacent to an activating group) is 1. The van der Waals surface area contributed by atoms with E-state index in [1.807, 2.05) is 56.9 Å². The summed E-state index contributed by atoms with van der Waals surface area (Å²) in [6.07, 6.45) is 3.42. The molecular formula is C30H36N8O3. The third-order valence-corrected chi connectivity index (χ3v) is 7.56. The number of amides is 1. The molecule has 0 radical (unpaired) electrons. The van der Waals surface area contributed by atoms with Crippen molar-refractivity contribution in [2.24, 2.45) is 7.05 Å². The van der Waals surface area contributed by atoms with Crippen LogP contribution in [0, 0.1) is 6.92 Å². The van der Waals surface area contributed by atoms with Gasteiger partial charge in [-0.25, -0.2) is 9.78 Å². The van der Waals surface area contributed by atoms with Crippen LogP contribution in [0.5, 0.6) is 0 Å². The summed E-state index contributed by atoms with van der Waals surface area (Å²) in [7, 11) is 3.84. The Bertz CT molecular complexity index is 1720. The molecule has 0 atom stereocenters. The van der Waals surface area contributed by atoms with Crippen molar-refractivity contribution >= 4 is 45.8 Å². The zero-order chi connectivity index (χ0) is 29.1. The molecule has 0 unspecified atom stereocenters. The number of hydrogen-bond acceptors (Lipinski definition) is 8. The molecular weight excluding hydrogens is 520 g/mol. The fourth-order valence-corrected chi connectivity index (χ4v) is 5.60. The minimum Gasteiger partial charge on any atom is -0.443 e. The normalized spacial score (nSPS) is 15.6. The van der Waals surface area contributed by atoms with Gasteiger partial charge in [0, 0.05) is 63.2 Å². The van der Waals surface area contributed by atoms with Gasteiger partial charge in [0.05, 0.1) is 17.1 Å². The number of pyridine rings is 1. The molecule has 0 spiro atoms. The lowest BCUT2D eigenvalue weighted by molar-refractivity contribution is 0.0580. The summed E-state index contributed by atoms with van der Waals surface area (Å²) < 4.78 is 9.50. The lowest BCUT2D eigenvalue weighted by atomic mass is 10.1. The van der Waals surface area contributed by atoms with E-state index in [1.54, 1.807) is 22.7 Å². The Morgan fingerprint density at radius 3 is 2.63 bits per heavy atom. The van der Waals surface area contributed by atoms with Crippen molar-refractivity contribution in [2.75, 3.05) is 41.8 Å². The number of aromatic nitrogens is 4. The van der Waals surface area contributed by atoms with Crippen LogP contribution >= 0.6 is 0 Å². The molecule has 0 bridgehead atoms. The van der Waals surface area contributed by atoms with E-state index in [4.69, 9.17) is 9.72 Å². The number of rotatable bonds is 3. The fourth-order valence-electron chi connectivity index (χ4n) is 5.60. The first-order valence-electron chi connectivity index (χ1n) is 13.9. The number of fused-ring (bicyclic) bond motifs is 3. The van der Waals surface area contributed by atoms with Crippen molar-refractivity contribution in [3.8, 4) is 0 Å². The largest absolute Gasteiger partial charge is 0.443 e. The summed E-state index contributed by atoms with van der Waals surface area (Å²) in [6, 6.07) is 9.77. The summed E-state index contributed by atoms with van der Waals surface area (Å²) in [5.74, 6) is 0.434. The van der Waals surface area contributed by atoms with Crippen molar-refractivity contribution in [3.63, 3.8) is 0 Å². The van der Waals surface area contributed by atoms with Gasteiger partial charge >= 0.3 is 6.09 Å². The maximum atomic E-state index is 13.7. The number of carbonyl (C=O) groups is 1. The molecule has 11 heteroatoms. The lowest BCUT2D eigenvalue weighted by Gasteiger charge is -2.39. The molecule has 4 aromatic rings. The van der Waals surface area contributed by atoms with E-state index < -0.39 is 11.7 Å². The highest BCUT2D eigenvalue weighted by Crippen LogP contribution is 2.40. The van der Waals surface area contributed by atoms with Crippen molar-refractivity contribution < 1.29 is 9.53 Å². The van der Waals surface area contributed by atoms with Crippen molar-refractivity contribution in [1.29, 1.82) is 0 Å². The van der Waals surface area contributed by atoms with Crippen LogP contribution in [-0.4, -0.2) is 62.4 Å². The number of benzene rings is 1. The number of anilines is 5. The van der Waals surface area contributed by atoms with Gasteiger partial charge in [0.2, 0.25) is 5.95 Å². The standard InChI is InChI=1S/C30H36N8O3/c1-19-8-7-9-23-25(19)38(29(40)41-30(2,3)4)13-12-37(23)24-14-20-16-31-28(33-26(20)35(6)27(24)39)32-21-15-22-18-34(5)10-11-36(22)17-21/h7-9,14-17H,10-13,18H2,1-6H3,(H,31,32,33). The van der Waals surface area contributed by atoms with Gasteiger partial charge in [-0.1, -0.05) is 12.1 Å². The van der Waals surface area contributed by atoms with Gasteiger partial charge in [0.15, 0.2) is 0 Å². The SMILES string of the molecule is Cc1cccc2c1N(C(=O)OC(C)(C)C)CCN2c1cc2cnc(Nc3cc4n(c3)CCN(C)C4)nc2n(C)c1=O. The number of aryl methyl sites for hydroxylation is 2. The van der Waals surface area contributed by atoms with E-state index >= 15 is 0 Å². The van der Waals surface area contributed by atoms with Gasteiger partial charge in [0.25, 0.3) is 5.56 Å². The minimum atomic E-state index is -0.614. The Morgan fingerprint density at radius 2 is 1.85 bits per heavy atom. The summed E-state index contributed by atoms with van der Waals surface area (Å²) in [5, 5.41) is 4.05. The molecule has 2 aliphatic heterocycles. The first-order chi connectivity index (χ1) is 19.5. The molecule has 0 saturated heterocycles. The molecule has 0 fully saturated rings. The molecule has 0 saturated carbocycles. The number of nitrogens with zero attached hydrogens (tertiary/aromatic N) is 7. The van der Waals surface area contributed by atoms with Gasteiger partial charge < -0.3 is 19.5 Å². The molecule has 6 rings (SSSR count). The number of para-hydroxylation sites is 1. The third-order valence-electron chi connectivity index (χ3n) is 7.56. The quantitative estimate of drug-likeness (QED) is 0.393. The second kappa shape index (κ2) is 9.91. The van der Waals surface area contributed by atoms with Gasteiger partial charge in [-0.2, -0.15) is 4.98 Å². The second-order valence-electron chi connectivity index (χ2n) is 11.9. The Labute approximate surface area is 239 Å². The summed E-state index contributed by atoms with van der Waals surface area (Å²) in [4.78, 5) is 42.0. The molecule has 3 aromatic heterocycles. The second-order valence-corrected chi connectivity index (χ2v) is 11.9. The molecule has 1 aromatic carbocycles. The lowest BCUT2D eigenvalue weighted by Crippen LogP contribution is -2.46. The first-order valence-corrected chi connectivity index (χ1v) is 13.9. The smallest absolute Gasteiger partial charge is 0.414 e. The molecule has 2 aliphatic rings. The molecule has 0 aliphatic carbocycles. The van der Waals surface area contributed by atoms with Gasteiger partial charge in [0.1, 0.15) is 16.9 Å². The van der Waals surface area contributed by atoms with Crippen LogP contribution < -0.4 is 20.7 Å². The highest BCUT2D eigenvalue weighted by atomic mass is 16.6. The van der Waals surface area contributed by atoms with E-state index in [2.05, 4.69) is 39.1 Å². The molecule has 11 nitrogen and oxygen atoms in total. The van der Waals surface area contributed by atoms with Gasteiger partial charge in [-0.05, 0) is 58.5 Å². The zero-order valence-electron chi connectivity index (χ0n) is 24.4. The van der Waals surface area contributed by atoms with Crippen molar-refractivity contribution in [1.82, 2.24) is 24.0 Å². The van der Waals surface area contributed by atoms with Gasteiger partial charge in [-0.3, -0.25) is 19.2 Å². The predicted molar refractivity (Wildman–Crippen MR) is 161 cm³/mol. The topological polar surface area (TPSA) is 101 Å². The monoisotopic (exact) mass is 556 g/mol. The fraction of sp³-hybridized carbons (Fsp3) is 0.400. The van der Waals surface area contributed by atoms with Crippen LogP contribution in [0.2, 0.25) is 0 Å². The van der Waals surface area contributed by atoms with E-state index in [1.165, 1.54) is 5.69 Å². The molecule has 41 heavy (non-hydrogen) atoms. The molecule has 1 amide bonds. The van der Waals surface area contributed by atoms with E-state index in [-0.39, 0.29) is 5.56 Å². The third kappa shape index (κ3) is 5.01. The van der Waals surface area contributed by atoms with Gasteiger partial charge in [-0.15, -0.1) is 0 Å². The molecule has 5 heterocycles. The minimum absolute atomic E-state index is 0.178. The number of nitrogens with one attached hydrogen (secondary N) is 1. The van der Waals surface area contributed by atoms with Crippen molar-refractivity contribution in [2.45, 2.75) is 46.4 Å². The maximum absolute atomic E-state index is 13.7. The van der Waals surface area contributed by atoms with E-state index in [9.17, 15) is 9.59 Å². The Morgan fingerprint density at radius 1 is 1.05 bits per heavy atom. The molecule has 1 N–H and O–H groups in total. The van der Waals surface area contributed by atoms with Crippen LogP contribution in [0.4, 0.5) is 33.5 Å². The number of carbonyl (C=O) groups excluding carboxylic acids is 1. The first kappa shape index (κ1) is 26.8. The van der Waals surface area contributed by atoms with E-state index in [0.717, 1.165) is 47.6 Å². The average molecular weight is 557 g/mol. The van der Waals surface area contributed by atoms with Crippen LogP contribution in [0.25, 0.3) is 11.0 Å². The molecule has 214 valence electrons. The van der Waals surface area contributed by atoms with Crippen molar-refractivity contribution in [3.05, 3.63) is 64.3 Å². The highest BCUT2D eigenvalue weighted by molar-refractivity contribution is 5.97. The predicted octanol–water partition coefficient (Wildman–Crippen LogP) is 4.52. The summed E-state index contributed by atoms with van der Waals surface area (Å²) >= 11 is 0. The summed E-state index contributed by atoms with van der Waals surface area (Å²) in [5.41, 5.74) is 4.86.